The van der Waals surface area contributed by atoms with Gasteiger partial charge in [-0.05, 0) is 62.1 Å². The van der Waals surface area contributed by atoms with Crippen molar-refractivity contribution in [3.05, 3.63) is 48.6 Å². The summed E-state index contributed by atoms with van der Waals surface area (Å²) < 4.78 is 32.4. The first-order valence-corrected chi connectivity index (χ1v) is 17.6. The van der Waals surface area contributed by atoms with Crippen LogP contribution in [0.1, 0.15) is 57.6 Å². The van der Waals surface area contributed by atoms with Crippen molar-refractivity contribution in [3.63, 3.8) is 0 Å². The lowest BCUT2D eigenvalue weighted by Gasteiger charge is -2.57. The van der Waals surface area contributed by atoms with Crippen molar-refractivity contribution in [2.24, 2.45) is 17.3 Å². The highest BCUT2D eigenvalue weighted by Crippen LogP contribution is 2.49. The minimum atomic E-state index is -0.343. The average Bonchev–Trinajstić information content (AvgIpc) is 3.67. The van der Waals surface area contributed by atoms with E-state index in [-0.39, 0.29) is 23.4 Å². The molecule has 3 saturated heterocycles. The van der Waals surface area contributed by atoms with Crippen LogP contribution in [0.3, 0.4) is 0 Å². The summed E-state index contributed by atoms with van der Waals surface area (Å²) >= 11 is 0. The molecule has 5 heterocycles. The van der Waals surface area contributed by atoms with Gasteiger partial charge in [0.05, 0.1) is 17.9 Å². The monoisotopic (exact) mass is 658 g/mol. The van der Waals surface area contributed by atoms with Gasteiger partial charge >= 0.3 is 0 Å². The fourth-order valence-corrected chi connectivity index (χ4v) is 9.07. The Morgan fingerprint density at radius 2 is 1.73 bits per heavy atom. The molecule has 8 rings (SSSR count). The van der Waals surface area contributed by atoms with Crippen molar-refractivity contribution in [3.8, 4) is 22.8 Å². The molecule has 2 aliphatic carbocycles. The average molecular weight is 659 g/mol. The number of nitrogens with zero attached hydrogens (tertiary/aromatic N) is 8. The third kappa shape index (κ3) is 5.94. The molecule has 2 unspecified atom stereocenters. The highest BCUT2D eigenvalue weighted by molar-refractivity contribution is 5.73. The zero-order valence-corrected chi connectivity index (χ0v) is 28.5. The zero-order valence-electron chi connectivity index (χ0n) is 28.5. The van der Waals surface area contributed by atoms with Gasteiger partial charge in [0.2, 0.25) is 0 Å². The molecule has 3 aromatic rings. The maximum Gasteiger partial charge on any atom is 0.282 e. The molecule has 0 amide bonds. The summed E-state index contributed by atoms with van der Waals surface area (Å²) in [7, 11) is 3.59. The van der Waals surface area contributed by atoms with E-state index in [1.807, 2.05) is 0 Å². The van der Waals surface area contributed by atoms with Crippen molar-refractivity contribution < 1.29 is 18.6 Å². The Hall–Kier alpha value is -3.32. The predicted molar refractivity (Wildman–Crippen MR) is 178 cm³/mol. The molecule has 1 spiro atoms. The van der Waals surface area contributed by atoms with Crippen LogP contribution in [0.25, 0.3) is 11.1 Å². The first kappa shape index (κ1) is 31.9. The van der Waals surface area contributed by atoms with Gasteiger partial charge in [0, 0.05) is 94.2 Å². The van der Waals surface area contributed by atoms with Gasteiger partial charge in [0.1, 0.15) is 24.2 Å². The number of likely N-dealkylation sites (tertiary alicyclic amines) is 2. The first-order valence-electron chi connectivity index (χ1n) is 17.6. The summed E-state index contributed by atoms with van der Waals surface area (Å²) in [5.74, 6) is 2.85. The van der Waals surface area contributed by atoms with Crippen molar-refractivity contribution in [2.45, 2.75) is 76.2 Å². The van der Waals surface area contributed by atoms with Crippen molar-refractivity contribution in [1.29, 1.82) is 0 Å². The molecule has 12 heteroatoms. The minimum Gasteiger partial charge on any atom is -0.434 e. The molecule has 5 fully saturated rings. The summed E-state index contributed by atoms with van der Waals surface area (Å²) in [5, 5.41) is 8.44. The minimum absolute atomic E-state index is 0.169. The molecular formula is C36H47FN8O3. The molecule has 48 heavy (non-hydrogen) atoms. The maximum absolute atomic E-state index is 14.6. The second-order valence-corrected chi connectivity index (χ2v) is 15.1. The highest BCUT2D eigenvalue weighted by Gasteiger charge is 2.53. The smallest absolute Gasteiger partial charge is 0.282 e. The molecule has 0 bridgehead atoms. The van der Waals surface area contributed by atoms with Crippen LogP contribution >= 0.6 is 0 Å². The van der Waals surface area contributed by atoms with Crippen LogP contribution in [0, 0.1) is 23.1 Å². The van der Waals surface area contributed by atoms with E-state index in [1.54, 1.807) is 32.8 Å². The number of benzene rings is 1. The van der Waals surface area contributed by atoms with E-state index >= 15 is 0 Å². The Kier molecular flexibility index (Phi) is 8.55. The van der Waals surface area contributed by atoms with Crippen LogP contribution in [-0.4, -0.2) is 113 Å². The van der Waals surface area contributed by atoms with Crippen LogP contribution in [0.2, 0.25) is 0 Å². The number of ether oxygens (including phenoxy) is 3. The normalized spacial score (nSPS) is 27.8. The van der Waals surface area contributed by atoms with Crippen LogP contribution in [0.5, 0.6) is 11.6 Å². The van der Waals surface area contributed by atoms with Gasteiger partial charge in [-0.25, -0.2) is 19.3 Å². The molecule has 11 nitrogen and oxygen atoms in total. The van der Waals surface area contributed by atoms with E-state index in [4.69, 9.17) is 14.2 Å². The summed E-state index contributed by atoms with van der Waals surface area (Å²) in [6.07, 6.45) is 10.9. The molecule has 2 saturated carbocycles. The lowest BCUT2D eigenvalue weighted by atomic mass is 9.68. The second-order valence-electron chi connectivity index (χ2n) is 15.1. The van der Waals surface area contributed by atoms with Gasteiger partial charge in [-0.15, -0.1) is 10.2 Å². The first-order chi connectivity index (χ1) is 23.3. The third-order valence-corrected chi connectivity index (χ3v) is 11.6. The van der Waals surface area contributed by atoms with Crippen LogP contribution < -0.4 is 9.64 Å². The summed E-state index contributed by atoms with van der Waals surface area (Å²) in [6, 6.07) is 5.77. The Morgan fingerprint density at radius 3 is 2.44 bits per heavy atom. The predicted octanol–water partition coefficient (Wildman–Crippen LogP) is 4.80. The Bertz CT molecular complexity index is 1600. The molecule has 2 aromatic heterocycles. The standard InChI is InChI=1S/C36H47FN8O3/c1-22(2)33(24-11-26(12-24)44-15-30(46-3)31(16-44)47-4)45-18-36(19-45)9-10-43(17-36)34-35(42-41-21-40-34)48-29-8-7-25(37)13-27(29)28-14-38-20-39-32(28)23-5-6-23/h7-8,13-14,20-24,26,30-31,33H,5-6,9-12,15-19H2,1-4H3/t24?,26?,30?,31?,33-/m1/s1. The molecule has 256 valence electrons. The van der Waals surface area contributed by atoms with Gasteiger partial charge in [0.25, 0.3) is 5.88 Å². The highest BCUT2D eigenvalue weighted by atomic mass is 19.1. The molecule has 5 aliphatic rings. The SMILES string of the molecule is COC1CN(C2CC([C@@H](C(C)C)N3CC4(CCN(c5ncnnc5Oc5ccc(F)cc5-c5cncnc5C5CC5)C4)C3)C2)CC1OC. The second kappa shape index (κ2) is 12.9. The van der Waals surface area contributed by atoms with Crippen LogP contribution in [0.4, 0.5) is 10.2 Å². The Balaban J connectivity index is 0.931. The van der Waals surface area contributed by atoms with Gasteiger partial charge in [-0.1, -0.05) is 13.8 Å². The summed E-state index contributed by atoms with van der Waals surface area (Å²) in [4.78, 5) is 21.1. The van der Waals surface area contributed by atoms with Crippen LogP contribution in [0.15, 0.2) is 37.1 Å². The molecular weight excluding hydrogens is 611 g/mol. The molecule has 0 N–H and O–H groups in total. The van der Waals surface area contributed by atoms with E-state index in [1.165, 1.54) is 31.3 Å². The topological polar surface area (TPSA) is 102 Å². The maximum atomic E-state index is 14.6. The fraction of sp³-hybridized carbons (Fsp3) is 0.639. The van der Waals surface area contributed by atoms with E-state index in [0.717, 1.165) is 75.7 Å². The van der Waals surface area contributed by atoms with Gasteiger partial charge in [-0.2, -0.15) is 0 Å². The number of hydrogen-bond acceptors (Lipinski definition) is 11. The summed E-state index contributed by atoms with van der Waals surface area (Å²) in [5.41, 5.74) is 2.56. The quantitative estimate of drug-likeness (QED) is 0.284. The van der Waals surface area contributed by atoms with Crippen molar-refractivity contribution >= 4 is 5.82 Å². The number of hydrogen-bond donors (Lipinski definition) is 0. The van der Waals surface area contributed by atoms with E-state index in [2.05, 4.69) is 53.7 Å². The number of aromatic nitrogens is 5. The fourth-order valence-electron chi connectivity index (χ4n) is 9.07. The lowest BCUT2D eigenvalue weighted by Crippen LogP contribution is -2.65. The lowest BCUT2D eigenvalue weighted by molar-refractivity contribution is -0.0793. The number of rotatable bonds is 11. The molecule has 3 aliphatic heterocycles. The third-order valence-electron chi connectivity index (χ3n) is 11.6. The van der Waals surface area contributed by atoms with Crippen LogP contribution in [-0.2, 0) is 9.47 Å². The van der Waals surface area contributed by atoms with Gasteiger partial charge < -0.3 is 19.1 Å². The van der Waals surface area contributed by atoms with Gasteiger partial charge in [0.15, 0.2) is 5.82 Å². The number of halogens is 1. The van der Waals surface area contributed by atoms with Crippen molar-refractivity contribution in [2.75, 3.05) is 58.4 Å². The number of anilines is 1. The zero-order chi connectivity index (χ0) is 33.0. The van der Waals surface area contributed by atoms with E-state index in [9.17, 15) is 4.39 Å². The van der Waals surface area contributed by atoms with Gasteiger partial charge in [-0.3, -0.25) is 9.80 Å². The molecule has 0 radical (unpaired) electrons. The largest absolute Gasteiger partial charge is 0.434 e. The Labute approximate surface area is 282 Å². The van der Waals surface area contributed by atoms with E-state index in [0.29, 0.717) is 46.9 Å². The number of methoxy groups -OCH3 is 2. The molecule has 3 atom stereocenters. The van der Waals surface area contributed by atoms with Crippen molar-refractivity contribution in [1.82, 2.24) is 34.9 Å². The molecule has 1 aromatic carbocycles. The Morgan fingerprint density at radius 1 is 0.958 bits per heavy atom. The summed E-state index contributed by atoms with van der Waals surface area (Å²) in [6.45, 7) is 10.7. The van der Waals surface area contributed by atoms with E-state index < -0.39 is 0 Å².